The van der Waals surface area contributed by atoms with Crippen LogP contribution in [0.4, 0.5) is 4.39 Å². The van der Waals surface area contributed by atoms with Crippen molar-refractivity contribution >= 4 is 0 Å². The van der Waals surface area contributed by atoms with Crippen LogP contribution in [-0.4, -0.2) is 28.7 Å². The third-order valence-corrected chi connectivity index (χ3v) is 1.35. The van der Waals surface area contributed by atoms with Gasteiger partial charge in [0.15, 0.2) is 0 Å². The van der Waals surface area contributed by atoms with E-state index in [1.807, 2.05) is 7.05 Å². The topological polar surface area (TPSA) is 42.7 Å². The van der Waals surface area contributed by atoms with Crippen LogP contribution in [0.2, 0.25) is 0 Å². The Hall–Kier alpha value is -0.970. The molecule has 0 atom stereocenters. The molecule has 0 aliphatic rings. The van der Waals surface area contributed by atoms with Crippen molar-refractivity contribution in [1.29, 1.82) is 0 Å². The first-order valence-corrected chi connectivity index (χ1v) is 3.46. The summed E-state index contributed by atoms with van der Waals surface area (Å²) in [6.45, 7) is 0.560. The first kappa shape index (κ1) is 8.13. The van der Waals surface area contributed by atoms with Gasteiger partial charge in [0.1, 0.15) is 6.67 Å². The summed E-state index contributed by atoms with van der Waals surface area (Å²) in [6.07, 6.45) is 1.63. The Morgan fingerprint density at radius 3 is 3.18 bits per heavy atom. The number of aryl methyl sites for hydroxylation is 1. The van der Waals surface area contributed by atoms with Crippen LogP contribution in [-0.2, 0) is 13.1 Å². The van der Waals surface area contributed by atoms with E-state index in [0.717, 1.165) is 5.69 Å². The summed E-state index contributed by atoms with van der Waals surface area (Å²) in [7, 11) is 1.83. The molecule has 1 N–H and O–H groups in total. The molecule has 1 rings (SSSR count). The maximum Gasteiger partial charge on any atom is 0.109 e. The standard InChI is InChI=1S/C6H11FN4/c1-8-4-6-5-9-10-11(6)3-2-7/h5,8H,2-4H2,1H3. The van der Waals surface area contributed by atoms with E-state index < -0.39 is 6.67 Å². The largest absolute Gasteiger partial charge is 0.314 e. The lowest BCUT2D eigenvalue weighted by molar-refractivity contribution is 0.413. The zero-order valence-electron chi connectivity index (χ0n) is 6.42. The quantitative estimate of drug-likeness (QED) is 0.669. The van der Waals surface area contributed by atoms with Crippen molar-refractivity contribution in [1.82, 2.24) is 20.3 Å². The first-order chi connectivity index (χ1) is 5.38. The molecule has 0 bridgehead atoms. The highest BCUT2D eigenvalue weighted by Crippen LogP contribution is 1.94. The van der Waals surface area contributed by atoms with Gasteiger partial charge in [-0.2, -0.15) is 0 Å². The summed E-state index contributed by atoms with van der Waals surface area (Å²) in [5.41, 5.74) is 0.908. The van der Waals surface area contributed by atoms with Crippen LogP contribution < -0.4 is 5.32 Å². The van der Waals surface area contributed by atoms with Crippen LogP contribution in [0.15, 0.2) is 6.20 Å². The van der Waals surface area contributed by atoms with E-state index in [0.29, 0.717) is 6.54 Å². The highest BCUT2D eigenvalue weighted by molar-refractivity contribution is 4.92. The van der Waals surface area contributed by atoms with Gasteiger partial charge in [0.2, 0.25) is 0 Å². The molecule has 0 fully saturated rings. The van der Waals surface area contributed by atoms with Crippen molar-refractivity contribution in [3.63, 3.8) is 0 Å². The van der Waals surface area contributed by atoms with Gasteiger partial charge in [-0.1, -0.05) is 5.21 Å². The fourth-order valence-electron chi connectivity index (χ4n) is 0.865. The van der Waals surface area contributed by atoms with Crippen molar-refractivity contribution in [3.05, 3.63) is 11.9 Å². The van der Waals surface area contributed by atoms with Gasteiger partial charge >= 0.3 is 0 Å². The molecule has 0 aliphatic carbocycles. The number of aromatic nitrogens is 3. The lowest BCUT2D eigenvalue weighted by atomic mass is 10.4. The summed E-state index contributed by atoms with van der Waals surface area (Å²) in [5, 5.41) is 10.3. The second-order valence-electron chi connectivity index (χ2n) is 2.17. The number of rotatable bonds is 4. The zero-order chi connectivity index (χ0) is 8.10. The molecule has 0 amide bonds. The number of nitrogens with one attached hydrogen (secondary N) is 1. The minimum atomic E-state index is -0.403. The van der Waals surface area contributed by atoms with Crippen LogP contribution in [0, 0.1) is 0 Å². The number of hydrogen-bond acceptors (Lipinski definition) is 3. The predicted octanol–water partition coefficient (Wildman–Crippen LogP) is -0.0330. The molecular formula is C6H11FN4. The molecule has 1 aromatic rings. The second-order valence-corrected chi connectivity index (χ2v) is 2.17. The molecule has 0 unspecified atom stereocenters. The van der Waals surface area contributed by atoms with E-state index in [2.05, 4.69) is 15.6 Å². The van der Waals surface area contributed by atoms with Gasteiger partial charge in [-0.3, -0.25) is 0 Å². The van der Waals surface area contributed by atoms with Gasteiger partial charge < -0.3 is 5.32 Å². The van der Waals surface area contributed by atoms with Gasteiger partial charge in [-0.05, 0) is 7.05 Å². The van der Waals surface area contributed by atoms with Gasteiger partial charge in [0, 0.05) is 6.54 Å². The van der Waals surface area contributed by atoms with E-state index in [1.165, 1.54) is 0 Å². The Bertz CT molecular complexity index is 190. The fraction of sp³-hybridized carbons (Fsp3) is 0.667. The van der Waals surface area contributed by atoms with Gasteiger partial charge in [0.05, 0.1) is 18.4 Å². The number of alkyl halides is 1. The molecule has 4 nitrogen and oxygen atoms in total. The summed E-state index contributed by atoms with van der Waals surface area (Å²) >= 11 is 0. The van der Waals surface area contributed by atoms with E-state index >= 15 is 0 Å². The maximum absolute atomic E-state index is 11.9. The van der Waals surface area contributed by atoms with Crippen molar-refractivity contribution in [2.75, 3.05) is 13.7 Å². The molecule has 0 saturated carbocycles. The smallest absolute Gasteiger partial charge is 0.109 e. The molecular weight excluding hydrogens is 147 g/mol. The minimum absolute atomic E-state index is 0.289. The van der Waals surface area contributed by atoms with Crippen molar-refractivity contribution in [2.24, 2.45) is 0 Å². The van der Waals surface area contributed by atoms with Crippen molar-refractivity contribution < 1.29 is 4.39 Å². The molecule has 0 radical (unpaired) electrons. The first-order valence-electron chi connectivity index (χ1n) is 3.46. The Morgan fingerprint density at radius 2 is 2.55 bits per heavy atom. The summed E-state index contributed by atoms with van der Waals surface area (Å²) in [6, 6.07) is 0. The summed E-state index contributed by atoms with van der Waals surface area (Å²) in [5.74, 6) is 0. The predicted molar refractivity (Wildman–Crippen MR) is 38.8 cm³/mol. The highest BCUT2D eigenvalue weighted by Gasteiger charge is 2.00. The SMILES string of the molecule is CNCc1cnnn1CCF. The summed E-state index contributed by atoms with van der Waals surface area (Å²) < 4.78 is 13.4. The van der Waals surface area contributed by atoms with Crippen molar-refractivity contribution in [2.45, 2.75) is 13.1 Å². The van der Waals surface area contributed by atoms with E-state index in [-0.39, 0.29) is 6.54 Å². The van der Waals surface area contributed by atoms with Crippen molar-refractivity contribution in [3.8, 4) is 0 Å². The number of nitrogens with zero attached hydrogens (tertiary/aromatic N) is 3. The third kappa shape index (κ3) is 1.98. The Kier molecular flexibility index (Phi) is 2.97. The molecule has 0 aromatic carbocycles. The average Bonchev–Trinajstić information content (AvgIpc) is 2.39. The third-order valence-electron chi connectivity index (χ3n) is 1.35. The number of hydrogen-bond donors (Lipinski definition) is 1. The summed E-state index contributed by atoms with van der Waals surface area (Å²) in [4.78, 5) is 0. The lowest BCUT2D eigenvalue weighted by Gasteiger charge is -2.01. The van der Waals surface area contributed by atoms with Gasteiger partial charge in [-0.15, -0.1) is 5.10 Å². The Labute approximate surface area is 64.4 Å². The fourth-order valence-corrected chi connectivity index (χ4v) is 0.865. The number of halogens is 1. The molecule has 0 aliphatic heterocycles. The van der Waals surface area contributed by atoms with Crippen LogP contribution in [0.3, 0.4) is 0 Å². The molecule has 1 heterocycles. The average molecular weight is 158 g/mol. The minimum Gasteiger partial charge on any atom is -0.314 e. The molecule has 62 valence electrons. The van der Waals surface area contributed by atoms with E-state index in [4.69, 9.17) is 0 Å². The lowest BCUT2D eigenvalue weighted by Crippen LogP contribution is -2.13. The van der Waals surface area contributed by atoms with Gasteiger partial charge in [-0.25, -0.2) is 9.07 Å². The monoisotopic (exact) mass is 158 g/mol. The van der Waals surface area contributed by atoms with E-state index in [1.54, 1.807) is 10.9 Å². The second kappa shape index (κ2) is 4.02. The molecule has 1 aromatic heterocycles. The zero-order valence-corrected chi connectivity index (χ0v) is 6.42. The van der Waals surface area contributed by atoms with Crippen LogP contribution in [0.1, 0.15) is 5.69 Å². The normalized spacial score (nSPS) is 10.4. The van der Waals surface area contributed by atoms with Crippen LogP contribution in [0.5, 0.6) is 0 Å². The maximum atomic E-state index is 11.9. The van der Waals surface area contributed by atoms with E-state index in [9.17, 15) is 4.39 Å². The van der Waals surface area contributed by atoms with Gasteiger partial charge in [0.25, 0.3) is 0 Å². The molecule has 11 heavy (non-hydrogen) atoms. The Balaban J connectivity index is 2.62. The highest BCUT2D eigenvalue weighted by atomic mass is 19.1. The van der Waals surface area contributed by atoms with Crippen LogP contribution >= 0.6 is 0 Å². The Morgan fingerprint density at radius 1 is 1.73 bits per heavy atom. The van der Waals surface area contributed by atoms with Crippen LogP contribution in [0.25, 0.3) is 0 Å². The molecule has 0 spiro atoms. The molecule has 5 heteroatoms. The molecule has 0 saturated heterocycles.